The number of carbonyl (C=O) groups excluding carboxylic acids is 1. The average molecular weight is 466 g/mol. The molecule has 0 saturated heterocycles. The number of hydrogen-bond acceptors (Lipinski definition) is 5. The fraction of sp³-hybridized carbons (Fsp3) is 0.682. The van der Waals surface area contributed by atoms with E-state index >= 15 is 0 Å². The third-order valence-corrected chi connectivity index (χ3v) is 5.14. The summed E-state index contributed by atoms with van der Waals surface area (Å²) in [6.07, 6.45) is -0.376. The molecule has 0 spiro atoms. The fourth-order valence-electron chi connectivity index (χ4n) is 4.05. The molecule has 6 nitrogen and oxygen atoms in total. The Morgan fingerprint density at radius 2 is 1.53 bits per heavy atom. The molecule has 1 aromatic rings. The van der Waals surface area contributed by atoms with Crippen LogP contribution in [0.1, 0.15) is 51.0 Å². The van der Waals surface area contributed by atoms with E-state index in [0.717, 1.165) is 12.7 Å². The highest BCUT2D eigenvalue weighted by atomic mass is 19.3. The van der Waals surface area contributed by atoms with Crippen LogP contribution in [0, 0.1) is 5.92 Å². The first kappa shape index (κ1) is 28.1. The Balaban J connectivity index is 0.000000358. The highest BCUT2D eigenvalue weighted by Gasteiger charge is 2.40. The number of carbonyl (C=O) groups is 1. The van der Waals surface area contributed by atoms with Gasteiger partial charge in [0, 0.05) is 50.9 Å². The number of benzene rings is 1. The smallest absolute Gasteiger partial charge is 0.407 e. The third-order valence-electron chi connectivity index (χ3n) is 5.14. The number of alkyl carbamates (subject to hydrolysis) is 1. The zero-order chi connectivity index (χ0) is 24.4. The molecule has 32 heavy (non-hydrogen) atoms. The van der Waals surface area contributed by atoms with Crippen molar-refractivity contribution in [2.75, 3.05) is 7.11 Å². The van der Waals surface area contributed by atoms with Gasteiger partial charge in [-0.25, -0.2) is 22.4 Å². The van der Waals surface area contributed by atoms with Crippen LogP contribution < -0.4 is 16.8 Å². The SMILES string of the molecule is CC1CC(NC(=O)OCc2ccccc2)CC(F)(F)C1.CO.NC1CC(N)CC(F)(F)C1. The summed E-state index contributed by atoms with van der Waals surface area (Å²) < 4.78 is 57.0. The summed E-state index contributed by atoms with van der Waals surface area (Å²) in [7, 11) is 1.00. The Labute approximate surface area is 186 Å². The van der Waals surface area contributed by atoms with Crippen LogP contribution in [0.25, 0.3) is 0 Å². The van der Waals surface area contributed by atoms with Crippen molar-refractivity contribution in [2.45, 2.75) is 82.0 Å². The average Bonchev–Trinajstić information content (AvgIpc) is 2.65. The van der Waals surface area contributed by atoms with Crippen molar-refractivity contribution in [2.24, 2.45) is 17.4 Å². The predicted molar refractivity (Wildman–Crippen MR) is 114 cm³/mol. The number of hydrogen-bond donors (Lipinski definition) is 4. The molecule has 184 valence electrons. The van der Waals surface area contributed by atoms with Gasteiger partial charge in [-0.15, -0.1) is 0 Å². The maximum Gasteiger partial charge on any atom is 0.407 e. The normalized spacial score (nSPS) is 28.2. The molecule has 0 heterocycles. The van der Waals surface area contributed by atoms with E-state index in [1.54, 1.807) is 6.92 Å². The van der Waals surface area contributed by atoms with Crippen LogP contribution in [0.2, 0.25) is 0 Å². The molecule has 4 unspecified atom stereocenters. The van der Waals surface area contributed by atoms with Gasteiger partial charge in [-0.2, -0.15) is 0 Å². The molecule has 4 atom stereocenters. The van der Waals surface area contributed by atoms with Crippen molar-refractivity contribution >= 4 is 6.09 Å². The summed E-state index contributed by atoms with van der Waals surface area (Å²) in [4.78, 5) is 11.6. The molecular weight excluding hydrogens is 430 g/mol. The largest absolute Gasteiger partial charge is 0.445 e. The zero-order valence-corrected chi connectivity index (χ0v) is 18.6. The van der Waals surface area contributed by atoms with Crippen LogP contribution in [-0.4, -0.2) is 48.3 Å². The number of ether oxygens (including phenoxy) is 1. The Bertz CT molecular complexity index is 668. The van der Waals surface area contributed by atoms with E-state index in [-0.39, 0.29) is 38.2 Å². The first-order chi connectivity index (χ1) is 14.9. The molecule has 2 fully saturated rings. The summed E-state index contributed by atoms with van der Waals surface area (Å²) in [6.45, 7) is 1.92. The molecule has 2 saturated carbocycles. The van der Waals surface area contributed by atoms with E-state index < -0.39 is 36.1 Å². The van der Waals surface area contributed by atoms with Gasteiger partial charge in [0.2, 0.25) is 5.92 Å². The Morgan fingerprint density at radius 1 is 1.00 bits per heavy atom. The van der Waals surface area contributed by atoms with Crippen LogP contribution in [-0.2, 0) is 11.3 Å². The Hall–Kier alpha value is -1.91. The lowest BCUT2D eigenvalue weighted by Gasteiger charge is -2.33. The van der Waals surface area contributed by atoms with Crippen molar-refractivity contribution in [3.63, 3.8) is 0 Å². The molecule has 2 aliphatic carbocycles. The van der Waals surface area contributed by atoms with Crippen LogP contribution in [0.3, 0.4) is 0 Å². The topological polar surface area (TPSA) is 111 Å². The molecule has 10 heteroatoms. The van der Waals surface area contributed by atoms with Crippen LogP contribution >= 0.6 is 0 Å². The predicted octanol–water partition coefficient (Wildman–Crippen LogP) is 3.81. The lowest BCUT2D eigenvalue weighted by Crippen LogP contribution is -2.45. The minimum absolute atomic E-state index is 0.0989. The van der Waals surface area contributed by atoms with Crippen LogP contribution in [0.5, 0.6) is 0 Å². The Kier molecular flexibility index (Phi) is 11.4. The van der Waals surface area contributed by atoms with E-state index in [0.29, 0.717) is 12.8 Å². The van der Waals surface area contributed by atoms with Crippen molar-refractivity contribution in [3.05, 3.63) is 35.9 Å². The van der Waals surface area contributed by atoms with Gasteiger partial charge in [0.25, 0.3) is 5.92 Å². The Morgan fingerprint density at radius 3 is 2.03 bits per heavy atom. The molecular formula is C22H35F4N3O3. The van der Waals surface area contributed by atoms with Gasteiger partial charge in [-0.05, 0) is 24.3 Å². The van der Waals surface area contributed by atoms with Gasteiger partial charge in [0.15, 0.2) is 0 Å². The highest BCUT2D eigenvalue weighted by molar-refractivity contribution is 5.67. The number of nitrogens with one attached hydrogen (secondary N) is 1. The summed E-state index contributed by atoms with van der Waals surface area (Å²) >= 11 is 0. The number of halogens is 4. The molecule has 0 bridgehead atoms. The number of nitrogens with two attached hydrogens (primary N) is 2. The quantitative estimate of drug-likeness (QED) is 0.508. The maximum absolute atomic E-state index is 13.4. The molecule has 2 aliphatic rings. The molecule has 0 aliphatic heterocycles. The van der Waals surface area contributed by atoms with Gasteiger partial charge in [-0.3, -0.25) is 0 Å². The minimum Gasteiger partial charge on any atom is -0.445 e. The van der Waals surface area contributed by atoms with E-state index in [2.05, 4.69) is 5.32 Å². The van der Waals surface area contributed by atoms with Crippen molar-refractivity contribution < 1.29 is 32.2 Å². The van der Waals surface area contributed by atoms with Gasteiger partial charge in [-0.1, -0.05) is 37.3 Å². The van der Waals surface area contributed by atoms with Gasteiger partial charge in [0.1, 0.15) is 6.61 Å². The number of amides is 1. The number of aliphatic hydroxyl groups excluding tert-OH is 1. The molecule has 1 aromatic carbocycles. The van der Waals surface area contributed by atoms with Gasteiger partial charge < -0.3 is 26.6 Å². The van der Waals surface area contributed by atoms with E-state index in [4.69, 9.17) is 21.3 Å². The van der Waals surface area contributed by atoms with Crippen molar-refractivity contribution in [1.82, 2.24) is 5.32 Å². The first-order valence-corrected chi connectivity index (χ1v) is 10.6. The third kappa shape index (κ3) is 11.1. The molecule has 0 radical (unpaired) electrons. The summed E-state index contributed by atoms with van der Waals surface area (Å²) in [6, 6.07) is 7.89. The summed E-state index contributed by atoms with van der Waals surface area (Å²) in [5.74, 6) is -5.43. The monoisotopic (exact) mass is 465 g/mol. The van der Waals surface area contributed by atoms with E-state index in [1.165, 1.54) is 0 Å². The van der Waals surface area contributed by atoms with Crippen molar-refractivity contribution in [3.8, 4) is 0 Å². The lowest BCUT2D eigenvalue weighted by atomic mass is 9.84. The second-order valence-corrected chi connectivity index (χ2v) is 8.53. The first-order valence-electron chi connectivity index (χ1n) is 10.6. The summed E-state index contributed by atoms with van der Waals surface area (Å²) in [5.41, 5.74) is 11.5. The second-order valence-electron chi connectivity index (χ2n) is 8.53. The molecule has 6 N–H and O–H groups in total. The van der Waals surface area contributed by atoms with Gasteiger partial charge >= 0.3 is 6.09 Å². The number of aliphatic hydroxyl groups is 1. The maximum atomic E-state index is 13.4. The van der Waals surface area contributed by atoms with Crippen molar-refractivity contribution in [1.29, 1.82) is 0 Å². The molecule has 3 rings (SSSR count). The molecule has 0 aromatic heterocycles. The minimum atomic E-state index is -2.70. The summed E-state index contributed by atoms with van der Waals surface area (Å²) in [5, 5.41) is 9.53. The second kappa shape index (κ2) is 13.0. The number of rotatable bonds is 3. The van der Waals surface area contributed by atoms with Crippen LogP contribution in [0.4, 0.5) is 22.4 Å². The fourth-order valence-corrected chi connectivity index (χ4v) is 4.05. The number of alkyl halides is 4. The van der Waals surface area contributed by atoms with E-state index in [1.807, 2.05) is 30.3 Å². The zero-order valence-electron chi connectivity index (χ0n) is 18.6. The highest BCUT2D eigenvalue weighted by Crippen LogP contribution is 2.36. The standard InChI is InChI=1S/C15H19F2NO2.C6H12F2N2.CH4O/c1-11-7-13(9-15(16,17)8-11)18-14(19)20-10-12-5-3-2-4-6-12;7-6(8)2-4(9)1-5(10)3-6;1-2/h2-6,11,13H,7-10H2,1H3,(H,18,19);4-5H,1-3,9-10H2;2H,1H3. The molecule has 1 amide bonds. The van der Waals surface area contributed by atoms with E-state index in [9.17, 15) is 22.4 Å². The lowest BCUT2D eigenvalue weighted by molar-refractivity contribution is -0.0597. The van der Waals surface area contributed by atoms with Gasteiger partial charge in [0.05, 0.1) is 0 Å². The van der Waals surface area contributed by atoms with Crippen LogP contribution in [0.15, 0.2) is 30.3 Å².